The minimum absolute atomic E-state index is 0.0511. The molecule has 1 saturated heterocycles. The van der Waals surface area contributed by atoms with Crippen LogP contribution < -0.4 is 4.74 Å². The van der Waals surface area contributed by atoms with Crippen LogP contribution in [0.5, 0.6) is 5.75 Å². The molecule has 1 atom stereocenters. The lowest BCUT2D eigenvalue weighted by atomic mass is 9.99. The monoisotopic (exact) mass is 247 g/mol. The molecule has 1 unspecified atom stereocenters. The van der Waals surface area contributed by atoms with Gasteiger partial charge in [-0.3, -0.25) is 4.79 Å². The molecule has 0 aromatic heterocycles. The molecule has 0 aliphatic carbocycles. The van der Waals surface area contributed by atoms with Crippen LogP contribution in [0.25, 0.3) is 0 Å². The third-order valence-electron chi connectivity index (χ3n) is 3.53. The van der Waals surface area contributed by atoms with Crippen LogP contribution in [0.15, 0.2) is 24.3 Å². The lowest BCUT2D eigenvalue weighted by molar-refractivity contribution is 0.0902. The Morgan fingerprint density at radius 1 is 1.39 bits per heavy atom. The largest absolute Gasteiger partial charge is 0.497 e. The highest BCUT2D eigenvalue weighted by atomic mass is 16.5. The van der Waals surface area contributed by atoms with E-state index in [1.54, 1.807) is 7.11 Å². The number of likely N-dealkylation sites (tertiary alicyclic amines) is 1. The van der Waals surface area contributed by atoms with Crippen LogP contribution in [-0.4, -0.2) is 37.4 Å². The Labute approximate surface area is 109 Å². The van der Waals surface area contributed by atoms with Gasteiger partial charge in [-0.05, 0) is 38.1 Å². The SMILES string of the molecule is COc1cccc(C(=O)C(C)CN2CCCC2)c1. The molecule has 3 nitrogen and oxygen atoms in total. The Kier molecular flexibility index (Phi) is 4.37. The molecule has 1 heterocycles. The van der Waals surface area contributed by atoms with Crippen molar-refractivity contribution in [3.63, 3.8) is 0 Å². The molecule has 0 N–H and O–H groups in total. The molecule has 2 rings (SSSR count). The molecule has 0 bridgehead atoms. The van der Waals surface area contributed by atoms with E-state index in [1.165, 1.54) is 12.8 Å². The topological polar surface area (TPSA) is 29.5 Å². The van der Waals surface area contributed by atoms with Crippen LogP contribution in [0, 0.1) is 5.92 Å². The first-order valence-electron chi connectivity index (χ1n) is 6.61. The molecule has 0 amide bonds. The van der Waals surface area contributed by atoms with Crippen molar-refractivity contribution in [2.24, 2.45) is 5.92 Å². The molecule has 0 saturated carbocycles. The summed E-state index contributed by atoms with van der Waals surface area (Å²) in [6.45, 7) is 5.15. The van der Waals surface area contributed by atoms with Crippen molar-refractivity contribution >= 4 is 5.78 Å². The maximum atomic E-state index is 12.3. The molecular formula is C15H21NO2. The number of hydrogen-bond donors (Lipinski definition) is 0. The lowest BCUT2D eigenvalue weighted by Crippen LogP contribution is -2.29. The van der Waals surface area contributed by atoms with Crippen molar-refractivity contribution < 1.29 is 9.53 Å². The van der Waals surface area contributed by atoms with Crippen molar-refractivity contribution in [1.29, 1.82) is 0 Å². The van der Waals surface area contributed by atoms with E-state index in [2.05, 4.69) is 4.90 Å². The second-order valence-electron chi connectivity index (χ2n) is 5.00. The fourth-order valence-electron chi connectivity index (χ4n) is 2.50. The molecule has 18 heavy (non-hydrogen) atoms. The zero-order valence-corrected chi connectivity index (χ0v) is 11.2. The number of hydrogen-bond acceptors (Lipinski definition) is 3. The molecule has 1 aliphatic heterocycles. The van der Waals surface area contributed by atoms with Crippen molar-refractivity contribution in [3.8, 4) is 5.75 Å². The van der Waals surface area contributed by atoms with Gasteiger partial charge in [-0.15, -0.1) is 0 Å². The van der Waals surface area contributed by atoms with Gasteiger partial charge < -0.3 is 9.64 Å². The van der Waals surface area contributed by atoms with Gasteiger partial charge >= 0.3 is 0 Å². The van der Waals surface area contributed by atoms with Gasteiger partial charge in [0.05, 0.1) is 7.11 Å². The zero-order valence-electron chi connectivity index (χ0n) is 11.2. The summed E-state index contributed by atoms with van der Waals surface area (Å²) >= 11 is 0. The second-order valence-corrected chi connectivity index (χ2v) is 5.00. The Bertz CT molecular complexity index is 411. The summed E-state index contributed by atoms with van der Waals surface area (Å²) in [7, 11) is 1.62. The number of benzene rings is 1. The minimum atomic E-state index is 0.0511. The molecule has 1 fully saturated rings. The molecular weight excluding hydrogens is 226 g/mol. The number of rotatable bonds is 5. The molecule has 1 aromatic carbocycles. The number of carbonyl (C=O) groups is 1. The van der Waals surface area contributed by atoms with E-state index >= 15 is 0 Å². The highest BCUT2D eigenvalue weighted by molar-refractivity contribution is 5.98. The van der Waals surface area contributed by atoms with E-state index in [4.69, 9.17) is 4.74 Å². The molecule has 98 valence electrons. The third kappa shape index (κ3) is 3.10. The molecule has 1 aliphatic rings. The standard InChI is InChI=1S/C15H21NO2/c1-12(11-16-8-3-4-9-16)15(17)13-6-5-7-14(10-13)18-2/h5-7,10,12H,3-4,8-9,11H2,1-2H3. The van der Waals surface area contributed by atoms with E-state index in [0.29, 0.717) is 0 Å². The Morgan fingerprint density at radius 3 is 2.78 bits per heavy atom. The maximum absolute atomic E-state index is 12.3. The number of Topliss-reactive ketones (excluding diaryl/α,β-unsaturated/α-hetero) is 1. The highest BCUT2D eigenvalue weighted by Gasteiger charge is 2.20. The van der Waals surface area contributed by atoms with Crippen LogP contribution in [0.1, 0.15) is 30.1 Å². The minimum Gasteiger partial charge on any atom is -0.497 e. The van der Waals surface area contributed by atoms with E-state index in [-0.39, 0.29) is 11.7 Å². The summed E-state index contributed by atoms with van der Waals surface area (Å²) in [6, 6.07) is 7.42. The van der Waals surface area contributed by atoms with Gasteiger partial charge in [0.2, 0.25) is 0 Å². The van der Waals surface area contributed by atoms with Crippen molar-refractivity contribution in [3.05, 3.63) is 29.8 Å². The average molecular weight is 247 g/mol. The van der Waals surface area contributed by atoms with Crippen LogP contribution in [0.2, 0.25) is 0 Å². The predicted octanol–water partition coefficient (Wildman–Crippen LogP) is 2.61. The maximum Gasteiger partial charge on any atom is 0.167 e. The van der Waals surface area contributed by atoms with Crippen LogP contribution >= 0.6 is 0 Å². The van der Waals surface area contributed by atoms with Gasteiger partial charge in [0, 0.05) is 18.0 Å². The fourth-order valence-corrected chi connectivity index (χ4v) is 2.50. The van der Waals surface area contributed by atoms with E-state index in [1.807, 2.05) is 31.2 Å². The zero-order chi connectivity index (χ0) is 13.0. The van der Waals surface area contributed by atoms with Gasteiger partial charge in [-0.25, -0.2) is 0 Å². The predicted molar refractivity (Wildman–Crippen MR) is 72.2 cm³/mol. The summed E-state index contributed by atoms with van der Waals surface area (Å²) in [5.74, 6) is 1.00. The first-order chi connectivity index (χ1) is 8.70. The summed E-state index contributed by atoms with van der Waals surface area (Å²) in [6.07, 6.45) is 2.53. The van der Waals surface area contributed by atoms with Crippen LogP contribution in [0.4, 0.5) is 0 Å². The summed E-state index contributed by atoms with van der Waals surface area (Å²) in [4.78, 5) is 14.7. The number of ketones is 1. The van der Waals surface area contributed by atoms with Gasteiger partial charge in [-0.2, -0.15) is 0 Å². The molecule has 1 aromatic rings. The number of methoxy groups -OCH3 is 1. The van der Waals surface area contributed by atoms with Crippen molar-refractivity contribution in [2.75, 3.05) is 26.7 Å². The van der Waals surface area contributed by atoms with E-state index in [9.17, 15) is 4.79 Å². The number of carbonyl (C=O) groups excluding carboxylic acids is 1. The van der Waals surface area contributed by atoms with Gasteiger partial charge in [0.15, 0.2) is 5.78 Å². The highest BCUT2D eigenvalue weighted by Crippen LogP contribution is 2.18. The van der Waals surface area contributed by atoms with Crippen molar-refractivity contribution in [1.82, 2.24) is 4.90 Å². The Hall–Kier alpha value is -1.35. The Balaban J connectivity index is 2.00. The van der Waals surface area contributed by atoms with Gasteiger partial charge in [0.1, 0.15) is 5.75 Å². The van der Waals surface area contributed by atoms with Crippen molar-refractivity contribution in [2.45, 2.75) is 19.8 Å². The Morgan fingerprint density at radius 2 is 2.11 bits per heavy atom. The number of nitrogens with zero attached hydrogens (tertiary/aromatic N) is 1. The normalized spacial score (nSPS) is 17.7. The quantitative estimate of drug-likeness (QED) is 0.749. The fraction of sp³-hybridized carbons (Fsp3) is 0.533. The van der Waals surface area contributed by atoms with Gasteiger partial charge in [0.25, 0.3) is 0 Å². The summed E-state index contributed by atoms with van der Waals surface area (Å²) in [5, 5.41) is 0. The van der Waals surface area contributed by atoms with Crippen LogP contribution in [-0.2, 0) is 0 Å². The third-order valence-corrected chi connectivity index (χ3v) is 3.53. The smallest absolute Gasteiger partial charge is 0.167 e. The lowest BCUT2D eigenvalue weighted by Gasteiger charge is -2.19. The first kappa shape index (κ1) is 13.1. The summed E-state index contributed by atoms with van der Waals surface area (Å²) in [5.41, 5.74) is 0.751. The second kappa shape index (κ2) is 6.01. The molecule has 0 radical (unpaired) electrons. The molecule has 0 spiro atoms. The van der Waals surface area contributed by atoms with Gasteiger partial charge in [-0.1, -0.05) is 19.1 Å². The number of ether oxygens (including phenoxy) is 1. The average Bonchev–Trinajstić information content (AvgIpc) is 2.90. The first-order valence-corrected chi connectivity index (χ1v) is 6.61. The van der Waals surface area contributed by atoms with E-state index in [0.717, 1.165) is 30.9 Å². The summed E-state index contributed by atoms with van der Waals surface area (Å²) < 4.78 is 5.16. The van der Waals surface area contributed by atoms with Crippen LogP contribution in [0.3, 0.4) is 0 Å². The van der Waals surface area contributed by atoms with E-state index < -0.39 is 0 Å². The molecule has 3 heteroatoms.